The van der Waals surface area contributed by atoms with Gasteiger partial charge in [-0.1, -0.05) is 28.1 Å². The number of esters is 1. The maximum Gasteiger partial charge on any atom is 0.356 e. The summed E-state index contributed by atoms with van der Waals surface area (Å²) in [6.07, 6.45) is 0. The second kappa shape index (κ2) is 5.12. The molecule has 88 valence electrons. The Morgan fingerprint density at radius 1 is 1.41 bits per heavy atom. The normalized spacial score (nSPS) is 10.2. The Morgan fingerprint density at radius 3 is 2.65 bits per heavy atom. The van der Waals surface area contributed by atoms with Crippen LogP contribution in [0, 0.1) is 3.95 Å². The molecule has 3 nitrogen and oxygen atoms in total. The van der Waals surface area contributed by atoms with Gasteiger partial charge in [0.2, 0.25) is 0 Å². The Bertz CT molecular complexity index is 601. The van der Waals surface area contributed by atoms with Gasteiger partial charge < -0.3 is 9.72 Å². The molecule has 0 bridgehead atoms. The number of H-pyrrole nitrogens is 1. The summed E-state index contributed by atoms with van der Waals surface area (Å²) in [6.45, 7) is 0. The summed E-state index contributed by atoms with van der Waals surface area (Å²) in [4.78, 5) is 15.2. The summed E-state index contributed by atoms with van der Waals surface area (Å²) in [7, 11) is 1.35. The van der Waals surface area contributed by atoms with E-state index in [9.17, 15) is 4.79 Å². The summed E-state index contributed by atoms with van der Waals surface area (Å²) in [6, 6.07) is 7.67. The lowest BCUT2D eigenvalue weighted by Crippen LogP contribution is -2.03. The number of benzene rings is 1. The van der Waals surface area contributed by atoms with E-state index in [1.54, 1.807) is 0 Å². The Morgan fingerprint density at radius 2 is 2.06 bits per heavy atom. The molecular formula is C11H8BrNO2S2. The number of thiazole rings is 1. The maximum absolute atomic E-state index is 11.6. The van der Waals surface area contributed by atoms with Gasteiger partial charge in [0, 0.05) is 4.47 Å². The third-order valence-corrected chi connectivity index (χ3v) is 3.96. The molecule has 0 saturated carbocycles. The molecule has 6 heteroatoms. The Kier molecular flexibility index (Phi) is 3.76. The fourth-order valence-electron chi connectivity index (χ4n) is 1.38. The number of hydrogen-bond donors (Lipinski definition) is 1. The van der Waals surface area contributed by atoms with E-state index in [0.29, 0.717) is 9.65 Å². The van der Waals surface area contributed by atoms with Crippen LogP contribution < -0.4 is 0 Å². The summed E-state index contributed by atoms with van der Waals surface area (Å²) < 4.78 is 6.26. The minimum absolute atomic E-state index is 0.407. The fraction of sp³-hybridized carbons (Fsp3) is 0.0909. The molecule has 17 heavy (non-hydrogen) atoms. The molecule has 2 rings (SSSR count). The van der Waals surface area contributed by atoms with Crippen LogP contribution >= 0.6 is 39.5 Å². The number of aromatic amines is 1. The number of rotatable bonds is 2. The van der Waals surface area contributed by atoms with Crippen molar-refractivity contribution < 1.29 is 9.53 Å². The molecule has 0 atom stereocenters. The van der Waals surface area contributed by atoms with Crippen LogP contribution in [0.5, 0.6) is 0 Å². The minimum Gasteiger partial charge on any atom is -0.464 e. The van der Waals surface area contributed by atoms with E-state index in [1.807, 2.05) is 24.3 Å². The highest BCUT2D eigenvalue weighted by atomic mass is 79.9. The Hall–Kier alpha value is -0.980. The number of halogens is 1. The quantitative estimate of drug-likeness (QED) is 0.668. The third kappa shape index (κ3) is 2.65. The van der Waals surface area contributed by atoms with Gasteiger partial charge >= 0.3 is 5.97 Å². The van der Waals surface area contributed by atoms with Crippen molar-refractivity contribution in [2.45, 2.75) is 0 Å². The minimum atomic E-state index is -0.407. The average molecular weight is 330 g/mol. The fourth-order valence-corrected chi connectivity index (χ4v) is 2.82. The summed E-state index contributed by atoms with van der Waals surface area (Å²) in [5, 5.41) is 0. The van der Waals surface area contributed by atoms with Crippen molar-refractivity contribution in [1.82, 2.24) is 4.98 Å². The molecule has 1 aromatic heterocycles. The molecular weight excluding hydrogens is 322 g/mol. The second-order valence-electron chi connectivity index (χ2n) is 3.22. The lowest BCUT2D eigenvalue weighted by atomic mass is 10.1. The van der Waals surface area contributed by atoms with E-state index in [1.165, 1.54) is 18.4 Å². The van der Waals surface area contributed by atoms with Crippen LogP contribution in [-0.4, -0.2) is 18.1 Å². The van der Waals surface area contributed by atoms with Gasteiger partial charge in [-0.3, -0.25) is 0 Å². The van der Waals surface area contributed by atoms with E-state index in [0.717, 1.165) is 14.9 Å². The van der Waals surface area contributed by atoms with Crippen molar-refractivity contribution in [2.24, 2.45) is 0 Å². The first-order valence-corrected chi connectivity index (χ1v) is 6.71. The highest BCUT2D eigenvalue weighted by Crippen LogP contribution is 2.30. The van der Waals surface area contributed by atoms with Gasteiger partial charge in [0.25, 0.3) is 0 Å². The summed E-state index contributed by atoms with van der Waals surface area (Å²) >= 11 is 9.79. The zero-order valence-corrected chi connectivity index (χ0v) is 12.0. The average Bonchev–Trinajstić information content (AvgIpc) is 2.71. The topological polar surface area (TPSA) is 42.1 Å². The molecule has 0 radical (unpaired) electrons. The monoisotopic (exact) mass is 329 g/mol. The predicted octanol–water partition coefficient (Wildman–Crippen LogP) is 4.02. The number of methoxy groups -OCH3 is 1. The standard InChI is InChI=1S/C11H8BrNO2S2/c1-15-10(14)8-9(17-11(16)13-8)6-2-4-7(12)5-3-6/h2-5H,1H3,(H,13,16). The highest BCUT2D eigenvalue weighted by Gasteiger charge is 2.16. The molecule has 0 aliphatic carbocycles. The van der Waals surface area contributed by atoms with Crippen molar-refractivity contribution >= 4 is 45.5 Å². The van der Waals surface area contributed by atoms with Crippen molar-refractivity contribution in [1.29, 1.82) is 0 Å². The zero-order valence-electron chi connectivity index (χ0n) is 8.82. The first-order chi connectivity index (χ1) is 8.11. The van der Waals surface area contributed by atoms with Gasteiger partial charge in [0.05, 0.1) is 12.0 Å². The molecule has 0 unspecified atom stereocenters. The summed E-state index contributed by atoms with van der Waals surface area (Å²) in [5.74, 6) is -0.407. The molecule has 1 heterocycles. The lowest BCUT2D eigenvalue weighted by molar-refractivity contribution is 0.0595. The highest BCUT2D eigenvalue weighted by molar-refractivity contribution is 9.10. The van der Waals surface area contributed by atoms with Gasteiger partial charge in [-0.05, 0) is 29.9 Å². The van der Waals surface area contributed by atoms with Crippen molar-refractivity contribution in [3.05, 3.63) is 38.4 Å². The van der Waals surface area contributed by atoms with Gasteiger partial charge in [0.15, 0.2) is 3.95 Å². The Balaban J connectivity index is 2.55. The SMILES string of the molecule is COC(=O)c1[nH]c(=S)sc1-c1ccc(Br)cc1. The van der Waals surface area contributed by atoms with Crippen LogP contribution in [-0.2, 0) is 4.74 Å². The smallest absolute Gasteiger partial charge is 0.356 e. The van der Waals surface area contributed by atoms with E-state index in [-0.39, 0.29) is 0 Å². The molecule has 0 saturated heterocycles. The van der Waals surface area contributed by atoms with Gasteiger partial charge in [-0.2, -0.15) is 0 Å². The molecule has 0 aliphatic heterocycles. The molecule has 1 N–H and O–H groups in total. The van der Waals surface area contributed by atoms with Crippen molar-refractivity contribution in [2.75, 3.05) is 7.11 Å². The molecule has 2 aromatic rings. The van der Waals surface area contributed by atoms with Crippen LogP contribution in [0.3, 0.4) is 0 Å². The van der Waals surface area contributed by atoms with E-state index < -0.39 is 5.97 Å². The molecule has 0 fully saturated rings. The van der Waals surface area contributed by atoms with Crippen LogP contribution in [0.1, 0.15) is 10.5 Å². The first kappa shape index (κ1) is 12.5. The predicted molar refractivity (Wildman–Crippen MR) is 74.0 cm³/mol. The number of carbonyl (C=O) groups is 1. The Labute approximate surface area is 116 Å². The molecule has 0 aliphatic rings. The van der Waals surface area contributed by atoms with Crippen LogP contribution in [0.15, 0.2) is 28.7 Å². The third-order valence-electron chi connectivity index (χ3n) is 2.14. The number of ether oxygens (including phenoxy) is 1. The number of hydrogen-bond acceptors (Lipinski definition) is 4. The number of aromatic nitrogens is 1. The number of carbonyl (C=O) groups excluding carboxylic acids is 1. The van der Waals surface area contributed by atoms with Crippen LogP contribution in [0.25, 0.3) is 10.4 Å². The molecule has 0 spiro atoms. The number of nitrogens with one attached hydrogen (secondary N) is 1. The van der Waals surface area contributed by atoms with E-state index in [4.69, 9.17) is 17.0 Å². The largest absolute Gasteiger partial charge is 0.464 e. The van der Waals surface area contributed by atoms with E-state index in [2.05, 4.69) is 20.9 Å². The van der Waals surface area contributed by atoms with Gasteiger partial charge in [0.1, 0.15) is 5.69 Å². The van der Waals surface area contributed by atoms with Crippen LogP contribution in [0.2, 0.25) is 0 Å². The van der Waals surface area contributed by atoms with Crippen molar-refractivity contribution in [3.63, 3.8) is 0 Å². The van der Waals surface area contributed by atoms with Gasteiger partial charge in [-0.25, -0.2) is 4.79 Å². The van der Waals surface area contributed by atoms with Crippen LogP contribution in [0.4, 0.5) is 0 Å². The molecule has 1 aromatic carbocycles. The molecule has 0 amide bonds. The van der Waals surface area contributed by atoms with Gasteiger partial charge in [-0.15, -0.1) is 11.3 Å². The first-order valence-electron chi connectivity index (χ1n) is 4.69. The lowest BCUT2D eigenvalue weighted by Gasteiger charge is -2.01. The maximum atomic E-state index is 11.6. The zero-order chi connectivity index (χ0) is 12.4. The summed E-state index contributed by atoms with van der Waals surface area (Å²) in [5.41, 5.74) is 1.34. The van der Waals surface area contributed by atoms with Crippen molar-refractivity contribution in [3.8, 4) is 10.4 Å². The van der Waals surface area contributed by atoms with E-state index >= 15 is 0 Å². The second-order valence-corrected chi connectivity index (χ2v) is 5.82.